The van der Waals surface area contributed by atoms with Crippen molar-refractivity contribution in [1.29, 1.82) is 0 Å². The fourth-order valence-corrected chi connectivity index (χ4v) is 3.54. The number of halogens is 1. The van der Waals surface area contributed by atoms with Gasteiger partial charge < -0.3 is 5.32 Å². The molecule has 3 heteroatoms. The Balaban J connectivity index is 1.90. The van der Waals surface area contributed by atoms with Crippen molar-refractivity contribution in [2.45, 2.75) is 56.9 Å². The van der Waals surface area contributed by atoms with E-state index in [1.807, 2.05) is 23.9 Å². The second-order valence-electron chi connectivity index (χ2n) is 5.61. The van der Waals surface area contributed by atoms with Crippen molar-refractivity contribution in [1.82, 2.24) is 5.32 Å². The van der Waals surface area contributed by atoms with Crippen LogP contribution in [-0.4, -0.2) is 17.5 Å². The quantitative estimate of drug-likeness (QED) is 0.874. The molecule has 1 atom stereocenters. The smallest absolute Gasteiger partial charge is 0.126 e. The molecular weight excluding hydrogens is 257 g/mol. The molecule has 0 saturated heterocycles. The Kier molecular flexibility index (Phi) is 5.28. The van der Waals surface area contributed by atoms with Gasteiger partial charge in [-0.15, -0.1) is 0 Å². The predicted molar refractivity (Wildman–Crippen MR) is 82.2 cm³/mol. The number of thioether (sulfide) groups is 1. The molecule has 1 fully saturated rings. The summed E-state index contributed by atoms with van der Waals surface area (Å²) in [5.41, 5.74) is 1.77. The molecule has 0 bridgehead atoms. The van der Waals surface area contributed by atoms with Gasteiger partial charge in [0.05, 0.1) is 0 Å². The first kappa shape index (κ1) is 14.9. The van der Waals surface area contributed by atoms with Crippen molar-refractivity contribution in [3.05, 3.63) is 35.1 Å². The molecular formula is C16H24FNS. The fraction of sp³-hybridized carbons (Fsp3) is 0.625. The van der Waals surface area contributed by atoms with Gasteiger partial charge in [0.25, 0.3) is 0 Å². The normalized spacial score (nSPS) is 25.3. The van der Waals surface area contributed by atoms with E-state index in [1.165, 1.54) is 25.7 Å². The highest BCUT2D eigenvalue weighted by Gasteiger charge is 2.21. The lowest BCUT2D eigenvalue weighted by molar-refractivity contribution is 0.352. The Hall–Kier alpha value is -0.540. The minimum atomic E-state index is -0.0998. The van der Waals surface area contributed by atoms with Crippen LogP contribution in [0.4, 0.5) is 4.39 Å². The average molecular weight is 281 g/mol. The second kappa shape index (κ2) is 6.76. The maximum atomic E-state index is 13.6. The van der Waals surface area contributed by atoms with Gasteiger partial charge in [0.1, 0.15) is 5.82 Å². The van der Waals surface area contributed by atoms with Gasteiger partial charge in [0.15, 0.2) is 0 Å². The number of benzene rings is 1. The maximum absolute atomic E-state index is 13.6. The zero-order chi connectivity index (χ0) is 13.8. The minimum absolute atomic E-state index is 0.0998. The van der Waals surface area contributed by atoms with Gasteiger partial charge in [-0.1, -0.05) is 12.1 Å². The Bertz CT molecular complexity index is 413. The monoisotopic (exact) mass is 281 g/mol. The highest BCUT2D eigenvalue weighted by Crippen LogP contribution is 2.28. The maximum Gasteiger partial charge on any atom is 0.126 e. The third kappa shape index (κ3) is 3.96. The third-order valence-corrected chi connectivity index (χ3v) is 5.33. The molecule has 1 nitrogen and oxygen atoms in total. The molecule has 0 spiro atoms. The van der Waals surface area contributed by atoms with Crippen molar-refractivity contribution in [3.63, 3.8) is 0 Å². The van der Waals surface area contributed by atoms with Crippen LogP contribution in [0.5, 0.6) is 0 Å². The van der Waals surface area contributed by atoms with E-state index in [9.17, 15) is 4.39 Å². The molecule has 1 aliphatic carbocycles. The van der Waals surface area contributed by atoms with Crippen molar-refractivity contribution >= 4 is 11.8 Å². The van der Waals surface area contributed by atoms with Gasteiger partial charge in [-0.05, 0) is 63.0 Å². The van der Waals surface area contributed by atoms with Crippen LogP contribution in [0.3, 0.4) is 0 Å². The fourth-order valence-electron chi connectivity index (χ4n) is 2.79. The summed E-state index contributed by atoms with van der Waals surface area (Å²) < 4.78 is 13.6. The summed E-state index contributed by atoms with van der Waals surface area (Å²) in [4.78, 5) is 0. The number of nitrogens with one attached hydrogen (secondary N) is 1. The lowest BCUT2D eigenvalue weighted by Crippen LogP contribution is -2.35. The Morgan fingerprint density at radius 1 is 1.26 bits per heavy atom. The first-order valence-corrected chi connectivity index (χ1v) is 8.44. The van der Waals surface area contributed by atoms with E-state index in [-0.39, 0.29) is 11.9 Å². The highest BCUT2D eigenvalue weighted by molar-refractivity contribution is 7.99. The molecule has 1 unspecified atom stereocenters. The summed E-state index contributed by atoms with van der Waals surface area (Å²) in [6, 6.07) is 6.38. The molecule has 0 heterocycles. The summed E-state index contributed by atoms with van der Waals surface area (Å²) >= 11 is 1.99. The van der Waals surface area contributed by atoms with Gasteiger partial charge in [-0.25, -0.2) is 4.39 Å². The van der Waals surface area contributed by atoms with Gasteiger partial charge in [0, 0.05) is 17.3 Å². The summed E-state index contributed by atoms with van der Waals surface area (Å²) in [5.74, 6) is -0.0998. The molecule has 1 aromatic carbocycles. The Morgan fingerprint density at radius 3 is 2.53 bits per heavy atom. The lowest BCUT2D eigenvalue weighted by atomic mass is 9.93. The minimum Gasteiger partial charge on any atom is -0.307 e. The predicted octanol–water partition coefficient (Wildman–Crippen LogP) is 4.46. The van der Waals surface area contributed by atoms with E-state index >= 15 is 0 Å². The van der Waals surface area contributed by atoms with Gasteiger partial charge in [-0.3, -0.25) is 0 Å². The molecule has 1 aromatic rings. The van der Waals surface area contributed by atoms with Crippen LogP contribution >= 0.6 is 11.8 Å². The Morgan fingerprint density at radius 2 is 1.95 bits per heavy atom. The van der Waals surface area contributed by atoms with Crippen molar-refractivity contribution in [2.75, 3.05) is 6.26 Å². The molecule has 0 aliphatic heterocycles. The third-order valence-electron chi connectivity index (χ3n) is 4.19. The number of aryl methyl sites for hydroxylation is 1. The summed E-state index contributed by atoms with van der Waals surface area (Å²) in [5, 5.41) is 4.49. The molecule has 106 valence electrons. The number of hydrogen-bond acceptors (Lipinski definition) is 2. The summed E-state index contributed by atoms with van der Waals surface area (Å²) in [6.45, 7) is 3.94. The zero-order valence-electron chi connectivity index (χ0n) is 12.1. The van der Waals surface area contributed by atoms with E-state index < -0.39 is 0 Å². The van der Waals surface area contributed by atoms with E-state index in [4.69, 9.17) is 0 Å². The largest absolute Gasteiger partial charge is 0.307 e. The van der Waals surface area contributed by atoms with Crippen LogP contribution in [0.2, 0.25) is 0 Å². The molecule has 1 saturated carbocycles. The van der Waals surface area contributed by atoms with E-state index in [2.05, 4.69) is 18.5 Å². The zero-order valence-corrected chi connectivity index (χ0v) is 12.9. The molecule has 19 heavy (non-hydrogen) atoms. The van der Waals surface area contributed by atoms with Crippen molar-refractivity contribution in [3.8, 4) is 0 Å². The van der Waals surface area contributed by atoms with Crippen LogP contribution < -0.4 is 5.32 Å². The molecule has 0 amide bonds. The summed E-state index contributed by atoms with van der Waals surface area (Å²) in [6.07, 6.45) is 7.28. The first-order chi connectivity index (χ1) is 9.10. The van der Waals surface area contributed by atoms with Crippen LogP contribution in [0, 0.1) is 12.7 Å². The van der Waals surface area contributed by atoms with Gasteiger partial charge >= 0.3 is 0 Å². The average Bonchev–Trinajstić information content (AvgIpc) is 2.42. The number of rotatable bonds is 4. The molecule has 2 rings (SSSR count). The molecule has 1 N–H and O–H groups in total. The van der Waals surface area contributed by atoms with E-state index in [0.29, 0.717) is 6.04 Å². The van der Waals surface area contributed by atoms with Crippen molar-refractivity contribution in [2.24, 2.45) is 0 Å². The topological polar surface area (TPSA) is 12.0 Å². The van der Waals surface area contributed by atoms with E-state index in [1.54, 1.807) is 13.0 Å². The first-order valence-electron chi connectivity index (χ1n) is 7.15. The Labute approximate surface area is 120 Å². The van der Waals surface area contributed by atoms with E-state index in [0.717, 1.165) is 16.4 Å². The lowest BCUT2D eigenvalue weighted by Gasteiger charge is -2.30. The molecule has 0 radical (unpaired) electrons. The van der Waals surface area contributed by atoms with Crippen LogP contribution in [0.25, 0.3) is 0 Å². The standard InChI is InChI=1S/C16H24FNS/c1-11-4-5-13(10-16(11)17)12(2)18-14-6-8-15(19-3)9-7-14/h4-5,10,12,14-15,18H,6-9H2,1-3H3. The van der Waals surface area contributed by atoms with Crippen LogP contribution in [0.15, 0.2) is 18.2 Å². The molecule has 0 aromatic heterocycles. The highest BCUT2D eigenvalue weighted by atomic mass is 32.2. The van der Waals surface area contributed by atoms with Crippen molar-refractivity contribution < 1.29 is 4.39 Å². The molecule has 1 aliphatic rings. The van der Waals surface area contributed by atoms with Gasteiger partial charge in [-0.2, -0.15) is 11.8 Å². The summed E-state index contributed by atoms with van der Waals surface area (Å²) in [7, 11) is 0. The van der Waals surface area contributed by atoms with Crippen LogP contribution in [0.1, 0.15) is 49.8 Å². The number of hydrogen-bond donors (Lipinski definition) is 1. The second-order valence-corrected chi connectivity index (χ2v) is 6.74. The van der Waals surface area contributed by atoms with Crippen LogP contribution in [-0.2, 0) is 0 Å². The SMILES string of the molecule is CSC1CCC(NC(C)c2ccc(C)c(F)c2)CC1. The van der Waals surface area contributed by atoms with Gasteiger partial charge in [0.2, 0.25) is 0 Å².